The summed E-state index contributed by atoms with van der Waals surface area (Å²) in [6.07, 6.45) is 0.123. The first-order chi connectivity index (χ1) is 8.61. The molecule has 2 aromatic rings. The zero-order chi connectivity index (χ0) is 13.1. The molecule has 0 bridgehead atoms. The molecule has 0 aliphatic carbocycles. The summed E-state index contributed by atoms with van der Waals surface area (Å²) in [6.45, 7) is 2.67. The summed E-state index contributed by atoms with van der Waals surface area (Å²) < 4.78 is 5.16. The van der Waals surface area contributed by atoms with E-state index in [0.717, 1.165) is 11.2 Å². The highest BCUT2D eigenvalue weighted by Gasteiger charge is 2.06. The second kappa shape index (κ2) is 5.74. The number of nitrogens with one attached hydrogen (secondary N) is 1. The molecule has 0 aliphatic heterocycles. The summed E-state index contributed by atoms with van der Waals surface area (Å²) in [6, 6.07) is 7.32. The Morgan fingerprint density at radius 3 is 2.67 bits per heavy atom. The molecule has 96 valence electrons. The van der Waals surface area contributed by atoms with Crippen LogP contribution in [0.4, 0.5) is 5.82 Å². The number of pyridine rings is 1. The predicted molar refractivity (Wildman–Crippen MR) is 76.7 cm³/mol. The van der Waals surface area contributed by atoms with Crippen molar-refractivity contribution in [2.75, 3.05) is 19.0 Å². The van der Waals surface area contributed by atoms with Crippen molar-refractivity contribution in [1.82, 2.24) is 4.98 Å². The van der Waals surface area contributed by atoms with Crippen LogP contribution in [-0.2, 0) is 4.74 Å². The number of fused-ring (bicyclic) bond motifs is 1. The molecule has 1 aromatic heterocycles. The van der Waals surface area contributed by atoms with E-state index in [9.17, 15) is 0 Å². The van der Waals surface area contributed by atoms with Crippen molar-refractivity contribution in [1.29, 1.82) is 0 Å². The van der Waals surface area contributed by atoms with Crippen LogP contribution in [0.15, 0.2) is 24.3 Å². The molecule has 0 spiro atoms. The molecule has 1 aromatic carbocycles. The van der Waals surface area contributed by atoms with Crippen molar-refractivity contribution < 1.29 is 4.74 Å². The van der Waals surface area contributed by atoms with E-state index < -0.39 is 0 Å². The number of benzene rings is 1. The van der Waals surface area contributed by atoms with Gasteiger partial charge < -0.3 is 10.1 Å². The monoisotopic (exact) mass is 284 g/mol. The van der Waals surface area contributed by atoms with Gasteiger partial charge in [0.1, 0.15) is 5.82 Å². The highest BCUT2D eigenvalue weighted by molar-refractivity contribution is 6.39. The highest BCUT2D eigenvalue weighted by atomic mass is 35.5. The van der Waals surface area contributed by atoms with Crippen LogP contribution in [0.2, 0.25) is 10.0 Å². The molecule has 0 fully saturated rings. The third-order valence-electron chi connectivity index (χ3n) is 2.73. The minimum Gasteiger partial charge on any atom is -0.380 e. The lowest BCUT2D eigenvalue weighted by Crippen LogP contribution is -2.18. The molecule has 0 saturated carbocycles. The zero-order valence-electron chi connectivity index (χ0n) is 10.2. The van der Waals surface area contributed by atoms with Gasteiger partial charge in [0.15, 0.2) is 0 Å². The van der Waals surface area contributed by atoms with Crippen LogP contribution >= 0.6 is 23.2 Å². The van der Waals surface area contributed by atoms with Gasteiger partial charge >= 0.3 is 0 Å². The quantitative estimate of drug-likeness (QED) is 0.922. The van der Waals surface area contributed by atoms with Crippen LogP contribution in [-0.4, -0.2) is 24.7 Å². The van der Waals surface area contributed by atoms with Crippen LogP contribution in [0.25, 0.3) is 10.9 Å². The topological polar surface area (TPSA) is 34.1 Å². The molecule has 18 heavy (non-hydrogen) atoms. The summed E-state index contributed by atoms with van der Waals surface area (Å²) in [7, 11) is 1.68. The Balaban J connectivity index is 2.30. The van der Waals surface area contributed by atoms with E-state index in [4.69, 9.17) is 27.9 Å². The van der Waals surface area contributed by atoms with Crippen molar-refractivity contribution in [3.8, 4) is 0 Å². The molecule has 3 nitrogen and oxygen atoms in total. The Hall–Kier alpha value is -1.03. The van der Waals surface area contributed by atoms with Gasteiger partial charge in [0.2, 0.25) is 0 Å². The van der Waals surface area contributed by atoms with Gasteiger partial charge in [-0.3, -0.25) is 0 Å². The van der Waals surface area contributed by atoms with Gasteiger partial charge in [-0.1, -0.05) is 23.2 Å². The fourth-order valence-electron chi connectivity index (χ4n) is 1.58. The maximum atomic E-state index is 6.12. The summed E-state index contributed by atoms with van der Waals surface area (Å²) in [5, 5.41) is 5.30. The number of hydrogen-bond donors (Lipinski definition) is 1. The molecule has 0 saturated heterocycles. The van der Waals surface area contributed by atoms with E-state index in [1.807, 2.05) is 19.1 Å². The van der Waals surface area contributed by atoms with E-state index in [0.29, 0.717) is 22.1 Å². The third-order valence-corrected chi connectivity index (χ3v) is 3.36. The zero-order valence-corrected chi connectivity index (χ0v) is 11.7. The fraction of sp³-hybridized carbons (Fsp3) is 0.308. The molecule has 0 radical (unpaired) electrons. The summed E-state index contributed by atoms with van der Waals surface area (Å²) in [5.74, 6) is 0.760. The van der Waals surface area contributed by atoms with Crippen molar-refractivity contribution >= 4 is 39.9 Å². The molecule has 0 amide bonds. The van der Waals surface area contributed by atoms with Crippen molar-refractivity contribution in [3.63, 3.8) is 0 Å². The smallest absolute Gasteiger partial charge is 0.126 e. The van der Waals surface area contributed by atoms with Crippen molar-refractivity contribution in [2.45, 2.75) is 13.0 Å². The molecule has 2 rings (SSSR count). The normalized spacial score (nSPS) is 12.7. The Bertz CT molecular complexity index is 560. The number of aromatic nitrogens is 1. The van der Waals surface area contributed by atoms with Gasteiger partial charge in [0.25, 0.3) is 0 Å². The SMILES string of the molecule is COC(C)CNc1ccc2c(Cl)ccc(Cl)c2n1. The number of ether oxygens (including phenoxy) is 1. The number of halogens is 2. The lowest BCUT2D eigenvalue weighted by atomic mass is 10.2. The van der Waals surface area contributed by atoms with E-state index in [1.54, 1.807) is 19.2 Å². The molecule has 1 atom stereocenters. The number of nitrogens with zero attached hydrogens (tertiary/aromatic N) is 1. The van der Waals surface area contributed by atoms with E-state index in [-0.39, 0.29) is 6.10 Å². The van der Waals surface area contributed by atoms with Gasteiger partial charge in [0, 0.05) is 19.0 Å². The lowest BCUT2D eigenvalue weighted by molar-refractivity contribution is 0.128. The van der Waals surface area contributed by atoms with Gasteiger partial charge in [-0.15, -0.1) is 0 Å². The average Bonchev–Trinajstić information content (AvgIpc) is 2.40. The number of anilines is 1. The van der Waals surface area contributed by atoms with Gasteiger partial charge in [0.05, 0.1) is 21.7 Å². The highest BCUT2D eigenvalue weighted by Crippen LogP contribution is 2.29. The fourth-order valence-corrected chi connectivity index (χ4v) is 2.00. The Morgan fingerprint density at radius 1 is 1.22 bits per heavy atom. The van der Waals surface area contributed by atoms with Gasteiger partial charge in [-0.05, 0) is 31.2 Å². The molecular formula is C13H14Cl2N2O. The molecule has 1 heterocycles. The minimum absolute atomic E-state index is 0.123. The maximum absolute atomic E-state index is 6.12. The summed E-state index contributed by atoms with van der Waals surface area (Å²) in [5.41, 5.74) is 0.708. The third kappa shape index (κ3) is 2.86. The second-order valence-corrected chi connectivity index (χ2v) is 4.86. The molecule has 1 N–H and O–H groups in total. The van der Waals surface area contributed by atoms with Crippen LogP contribution in [0, 0.1) is 0 Å². The second-order valence-electron chi connectivity index (χ2n) is 4.05. The Labute approximate surface area is 116 Å². The first-order valence-electron chi connectivity index (χ1n) is 5.63. The van der Waals surface area contributed by atoms with Crippen LogP contribution < -0.4 is 5.32 Å². The summed E-state index contributed by atoms with van der Waals surface area (Å²) >= 11 is 12.2. The molecule has 0 aliphatic rings. The average molecular weight is 285 g/mol. The van der Waals surface area contributed by atoms with E-state index in [1.165, 1.54) is 0 Å². The van der Waals surface area contributed by atoms with Crippen molar-refractivity contribution in [3.05, 3.63) is 34.3 Å². The van der Waals surface area contributed by atoms with E-state index in [2.05, 4.69) is 10.3 Å². The standard InChI is InChI=1S/C13H14Cl2N2O/c1-8(18-2)7-16-12-6-3-9-10(14)4-5-11(15)13(9)17-12/h3-6,8H,7H2,1-2H3,(H,16,17). The first kappa shape index (κ1) is 13.4. The van der Waals surface area contributed by atoms with Crippen molar-refractivity contribution in [2.24, 2.45) is 0 Å². The number of rotatable bonds is 4. The van der Waals surface area contributed by atoms with Gasteiger partial charge in [-0.2, -0.15) is 0 Å². The largest absolute Gasteiger partial charge is 0.380 e. The Morgan fingerprint density at radius 2 is 1.94 bits per heavy atom. The van der Waals surface area contributed by atoms with Crippen LogP contribution in [0.3, 0.4) is 0 Å². The molecule has 1 unspecified atom stereocenters. The van der Waals surface area contributed by atoms with E-state index >= 15 is 0 Å². The number of hydrogen-bond acceptors (Lipinski definition) is 3. The molecule has 5 heteroatoms. The van der Waals surface area contributed by atoms with Crippen LogP contribution in [0.5, 0.6) is 0 Å². The predicted octanol–water partition coefficient (Wildman–Crippen LogP) is 3.99. The maximum Gasteiger partial charge on any atom is 0.126 e. The lowest BCUT2D eigenvalue weighted by Gasteiger charge is -2.12. The van der Waals surface area contributed by atoms with Gasteiger partial charge in [-0.25, -0.2) is 4.98 Å². The Kier molecular flexibility index (Phi) is 4.27. The molecular weight excluding hydrogens is 271 g/mol. The first-order valence-corrected chi connectivity index (χ1v) is 6.39. The number of methoxy groups -OCH3 is 1. The minimum atomic E-state index is 0.123. The summed E-state index contributed by atoms with van der Waals surface area (Å²) in [4.78, 5) is 4.46. The van der Waals surface area contributed by atoms with Crippen LogP contribution in [0.1, 0.15) is 6.92 Å².